The van der Waals surface area contributed by atoms with Crippen LogP contribution in [-0.4, -0.2) is 104 Å². The van der Waals surface area contributed by atoms with E-state index in [1.807, 2.05) is 78.7 Å². The Morgan fingerprint density at radius 2 is 1.14 bits per heavy atom. The van der Waals surface area contributed by atoms with Gasteiger partial charge in [0.15, 0.2) is 11.3 Å². The molecule has 384 valence electrons. The van der Waals surface area contributed by atoms with Gasteiger partial charge in [-0.1, -0.05) is 59.4 Å². The van der Waals surface area contributed by atoms with E-state index in [0.29, 0.717) is 88.2 Å². The van der Waals surface area contributed by atoms with E-state index in [1.165, 1.54) is 12.7 Å². The summed E-state index contributed by atoms with van der Waals surface area (Å²) in [4.78, 5) is 65.8. The lowest BCUT2D eigenvalue weighted by Crippen LogP contribution is -2.35. The Kier molecular flexibility index (Phi) is 15.3. The van der Waals surface area contributed by atoms with E-state index in [9.17, 15) is 14.4 Å². The number of nitrogens with two attached hydrogens (primary N) is 2. The van der Waals surface area contributed by atoms with Gasteiger partial charge in [0.25, 0.3) is 11.8 Å². The van der Waals surface area contributed by atoms with Crippen LogP contribution in [0.15, 0.2) is 97.8 Å². The van der Waals surface area contributed by atoms with Gasteiger partial charge in [-0.25, -0.2) is 44.1 Å². The number of anilines is 4. The van der Waals surface area contributed by atoms with Crippen molar-refractivity contribution < 1.29 is 19.1 Å². The number of carbonyl (C=O) groups is 3. The topological polar surface area (TPSA) is 265 Å². The summed E-state index contributed by atoms with van der Waals surface area (Å²) in [6, 6.07) is 22.2. The Hall–Kier alpha value is -8.39. The first kappa shape index (κ1) is 51.9. The third kappa shape index (κ3) is 11.3. The number of rotatable bonds is 10. The number of likely N-dealkylation sites (tertiary alicyclic amines) is 1. The van der Waals surface area contributed by atoms with Gasteiger partial charge in [-0.2, -0.15) is 10.2 Å². The molecule has 20 nitrogen and oxygen atoms in total. The van der Waals surface area contributed by atoms with Gasteiger partial charge in [-0.05, 0) is 112 Å². The molecule has 2 atom stereocenters. The van der Waals surface area contributed by atoms with Crippen LogP contribution < -0.4 is 27.4 Å². The summed E-state index contributed by atoms with van der Waals surface area (Å²) in [6.07, 6.45) is 7.62. The Labute approximate surface area is 429 Å². The number of pyridine rings is 2. The number of hydrogen-bond acceptors (Lipinski definition) is 15. The first-order chi connectivity index (χ1) is 35.0. The van der Waals surface area contributed by atoms with Gasteiger partial charge in [0, 0.05) is 54.3 Å². The average Bonchev–Trinajstić information content (AvgIpc) is 4.21. The molecule has 10 rings (SSSR count). The van der Waals surface area contributed by atoms with Crippen molar-refractivity contribution in [3.8, 4) is 22.5 Å². The molecule has 8 aromatic rings. The molecule has 0 saturated carbocycles. The highest BCUT2D eigenvalue weighted by atomic mass is 16.6. The molecule has 74 heavy (non-hydrogen) atoms. The fraction of sp³-hybridized carbons (Fsp3) is 0.352. The molecule has 8 heterocycles. The van der Waals surface area contributed by atoms with Crippen molar-refractivity contribution in [1.82, 2.24) is 59.7 Å². The smallest absolute Gasteiger partial charge is 0.410 e. The lowest BCUT2D eigenvalue weighted by molar-refractivity contribution is 0.0288. The molecular weight excluding hydrogens is 937 g/mol. The fourth-order valence-corrected chi connectivity index (χ4v) is 8.87. The van der Waals surface area contributed by atoms with Crippen LogP contribution >= 0.6 is 0 Å². The number of hydrogen-bond donors (Lipinski definition) is 5. The third-order valence-electron chi connectivity index (χ3n) is 12.8. The second-order valence-corrected chi connectivity index (χ2v) is 19.8. The van der Waals surface area contributed by atoms with Crippen molar-refractivity contribution >= 4 is 63.2 Å². The van der Waals surface area contributed by atoms with Gasteiger partial charge < -0.3 is 37.1 Å². The molecule has 7 N–H and O–H groups in total. The molecule has 0 bridgehead atoms. The van der Waals surface area contributed by atoms with E-state index in [4.69, 9.17) is 26.4 Å². The predicted octanol–water partition coefficient (Wildman–Crippen LogP) is 9.04. The average molecular weight is 1000 g/mol. The monoisotopic (exact) mass is 1000 g/mol. The number of amides is 3. The molecule has 2 aliphatic heterocycles. The van der Waals surface area contributed by atoms with Gasteiger partial charge >= 0.3 is 6.09 Å². The van der Waals surface area contributed by atoms with Gasteiger partial charge in [-0.3, -0.25) is 9.59 Å². The second kappa shape index (κ2) is 21.8. The fourth-order valence-electron chi connectivity index (χ4n) is 8.87. The molecule has 2 fully saturated rings. The normalized spacial score (nSPS) is 15.5. The molecule has 6 aromatic heterocycles. The minimum Gasteiger partial charge on any atom is -0.444 e. The first-order valence-electron chi connectivity index (χ1n) is 24.4. The van der Waals surface area contributed by atoms with Crippen molar-refractivity contribution in [2.45, 2.75) is 98.3 Å². The summed E-state index contributed by atoms with van der Waals surface area (Å²) in [5, 5.41) is 20.2. The van der Waals surface area contributed by atoms with Crippen molar-refractivity contribution in [3.05, 3.63) is 120 Å². The van der Waals surface area contributed by atoms with Crippen LogP contribution in [0.3, 0.4) is 0 Å². The Bertz CT molecular complexity index is 3300. The lowest BCUT2D eigenvalue weighted by atomic mass is 10.0. The van der Waals surface area contributed by atoms with Crippen LogP contribution in [0.4, 0.5) is 28.1 Å². The van der Waals surface area contributed by atoms with Crippen LogP contribution in [0.5, 0.6) is 0 Å². The van der Waals surface area contributed by atoms with Crippen molar-refractivity contribution in [2.24, 2.45) is 0 Å². The van der Waals surface area contributed by atoms with Crippen LogP contribution in [0.25, 0.3) is 44.6 Å². The summed E-state index contributed by atoms with van der Waals surface area (Å²) in [5.74, 6) is 1.96. The third-order valence-corrected chi connectivity index (χ3v) is 12.8. The summed E-state index contributed by atoms with van der Waals surface area (Å²) in [6.45, 7) is 16.7. The molecular formula is C54H64N16O4. The molecule has 0 spiro atoms. The largest absolute Gasteiger partial charge is 0.444 e. The number of ether oxygens (including phenoxy) is 1. The highest BCUT2D eigenvalue weighted by molar-refractivity contribution is 6.06. The second-order valence-electron chi connectivity index (χ2n) is 19.8. The Morgan fingerprint density at radius 1 is 0.662 bits per heavy atom. The number of fused-ring (bicyclic) bond motifs is 2. The predicted molar refractivity (Wildman–Crippen MR) is 288 cm³/mol. The molecule has 20 heteroatoms. The molecule has 0 unspecified atom stereocenters. The number of nitrogens with zero attached hydrogens (tertiary/aromatic N) is 11. The van der Waals surface area contributed by atoms with E-state index >= 15 is 0 Å². The Balaban J connectivity index is 0.000000198. The van der Waals surface area contributed by atoms with E-state index in [0.717, 1.165) is 52.8 Å². The standard InChI is InChI=1S/C29H34N8O3.C24H26N8O.CH4/c1-17(2)20-10-12-31-22(14-20)34-27(38)19-8-6-18(7-9-19)24-23-25(30)32-16-33-26(23)37(35-24)21-11-13-36(15-21)28(39)40-29(3,4)5;1-14(2)17-7-10-27-19(11-17)30-24(33)16-5-3-15(4-6-16)21-20-22(25)28-13-29-23(20)32(31-21)18-8-9-26-12-18;/h6-10,12,14,16-17,21H,11,13,15H2,1-5H3,(H2,30,32,33)(H,31,34,38);3-7,10-11,13-14,18,26H,8-9,12H2,1-2H3,(H2,25,28,29)(H,27,30,33);1H4/t21-;18-;/m11./s1. The zero-order valence-electron chi connectivity index (χ0n) is 42.0. The van der Waals surface area contributed by atoms with E-state index < -0.39 is 5.60 Å². The molecule has 0 radical (unpaired) electrons. The van der Waals surface area contributed by atoms with Crippen LogP contribution in [0.1, 0.15) is 124 Å². The highest BCUT2D eigenvalue weighted by Gasteiger charge is 2.33. The maximum atomic E-state index is 12.9. The highest BCUT2D eigenvalue weighted by Crippen LogP contribution is 2.36. The summed E-state index contributed by atoms with van der Waals surface area (Å²) >= 11 is 0. The number of nitrogen functional groups attached to an aromatic ring is 2. The molecule has 2 aromatic carbocycles. The summed E-state index contributed by atoms with van der Waals surface area (Å²) < 4.78 is 9.31. The molecule has 2 aliphatic rings. The maximum Gasteiger partial charge on any atom is 0.410 e. The van der Waals surface area contributed by atoms with Crippen LogP contribution in [-0.2, 0) is 4.74 Å². The molecule has 2 saturated heterocycles. The summed E-state index contributed by atoms with van der Waals surface area (Å²) in [7, 11) is 0. The van der Waals surface area contributed by atoms with Crippen molar-refractivity contribution in [1.29, 1.82) is 0 Å². The van der Waals surface area contributed by atoms with Gasteiger partial charge in [-0.15, -0.1) is 0 Å². The van der Waals surface area contributed by atoms with Gasteiger partial charge in [0.05, 0.1) is 22.9 Å². The minimum absolute atomic E-state index is 0. The van der Waals surface area contributed by atoms with E-state index in [1.54, 1.807) is 41.6 Å². The van der Waals surface area contributed by atoms with E-state index in [-0.39, 0.29) is 37.4 Å². The zero-order valence-corrected chi connectivity index (χ0v) is 42.0. The molecule has 3 amide bonds. The maximum absolute atomic E-state index is 12.9. The number of nitrogens with one attached hydrogen (secondary N) is 3. The van der Waals surface area contributed by atoms with Crippen molar-refractivity contribution in [3.63, 3.8) is 0 Å². The van der Waals surface area contributed by atoms with E-state index in [2.05, 4.69) is 73.5 Å². The van der Waals surface area contributed by atoms with Gasteiger partial charge in [0.2, 0.25) is 0 Å². The van der Waals surface area contributed by atoms with Gasteiger partial charge in [0.1, 0.15) is 52.9 Å². The van der Waals surface area contributed by atoms with Crippen LogP contribution in [0.2, 0.25) is 0 Å². The Morgan fingerprint density at radius 3 is 1.57 bits per heavy atom. The SMILES string of the molecule is C.CC(C)c1ccnc(NC(=O)c2ccc(-c3nn([C@@H]4CCN(C(=O)OC(C)(C)C)C4)c4ncnc(N)c34)cc2)c1.CC(C)c1ccnc(NC(=O)c2ccc(-c3nn([C@@H]4CCNC4)c4ncnc(N)c34)cc2)c1. The zero-order chi connectivity index (χ0) is 51.6. The number of aromatic nitrogens is 10. The number of benzene rings is 2. The van der Waals surface area contributed by atoms with Crippen LogP contribution in [0, 0.1) is 0 Å². The minimum atomic E-state index is -0.569. The quantitative estimate of drug-likeness (QED) is 0.0855. The first-order valence-corrected chi connectivity index (χ1v) is 24.4. The number of carbonyl (C=O) groups excluding carboxylic acids is 3. The van der Waals surface area contributed by atoms with Crippen molar-refractivity contribution in [2.75, 3.05) is 48.3 Å². The lowest BCUT2D eigenvalue weighted by Gasteiger charge is -2.24. The molecule has 0 aliphatic carbocycles. The summed E-state index contributed by atoms with van der Waals surface area (Å²) in [5.41, 5.74) is 19.4.